The Morgan fingerprint density at radius 1 is 0.102 bits per heavy atom. The van der Waals surface area contributed by atoms with E-state index in [2.05, 4.69) is 309 Å². The molecule has 27 rings (SSSR count). The van der Waals surface area contributed by atoms with Crippen molar-refractivity contribution in [3.63, 3.8) is 0 Å². The van der Waals surface area contributed by atoms with Crippen molar-refractivity contribution in [2.24, 2.45) is 0 Å². The third-order valence-corrected chi connectivity index (χ3v) is 26.9. The van der Waals surface area contributed by atoms with Crippen LogP contribution in [0.3, 0.4) is 0 Å². The summed E-state index contributed by atoms with van der Waals surface area (Å²) < 4.78 is 19.1. The maximum absolute atomic E-state index is 6.39. The Balaban J connectivity index is 0.000000115. The summed E-state index contributed by atoms with van der Waals surface area (Å²) in [6.07, 6.45) is 0. The topological polar surface area (TPSA) is 155 Å². The van der Waals surface area contributed by atoms with Crippen molar-refractivity contribution >= 4 is 65.8 Å². The average molecular weight is 1880 g/mol. The highest BCUT2D eigenvalue weighted by molar-refractivity contribution is 6.16. The minimum absolute atomic E-state index is 0.625. The van der Waals surface area contributed by atoms with Gasteiger partial charge in [0.2, 0.25) is 0 Å². The van der Waals surface area contributed by atoms with Crippen molar-refractivity contribution in [3.05, 3.63) is 528 Å². The molecule has 147 heavy (non-hydrogen) atoms. The highest BCUT2D eigenvalue weighted by atomic mass is 16.3. The summed E-state index contributed by atoms with van der Waals surface area (Å²) in [5, 5.41) is 6.56. The molecule has 0 aliphatic carbocycles. The number of hydrogen-bond acceptors (Lipinski definition) is 12. The highest BCUT2D eigenvalue weighted by Crippen LogP contribution is 2.46. The molecular weight excluding hydrogens is 1800 g/mol. The van der Waals surface area contributed by atoms with E-state index < -0.39 is 0 Å². The maximum atomic E-state index is 6.39. The molecule has 0 radical (unpaired) electrons. The van der Waals surface area contributed by atoms with Crippen LogP contribution in [0.1, 0.15) is 0 Å². The molecule has 0 aliphatic rings. The van der Waals surface area contributed by atoms with E-state index in [1.165, 1.54) is 44.5 Å². The Labute approximate surface area is 848 Å². The van der Waals surface area contributed by atoms with Crippen LogP contribution in [0.2, 0.25) is 0 Å². The highest BCUT2D eigenvalue weighted by Gasteiger charge is 2.23. The first-order chi connectivity index (χ1) is 72.8. The number of fused-ring (bicyclic) bond motifs is 9. The van der Waals surface area contributed by atoms with Gasteiger partial charge in [0.05, 0.1) is 0 Å². The summed E-state index contributed by atoms with van der Waals surface area (Å²) in [5.41, 5.74) is 34.4. The molecule has 0 atom stereocenters. The summed E-state index contributed by atoms with van der Waals surface area (Å²) in [7, 11) is 0. The van der Waals surface area contributed by atoms with E-state index in [1.807, 2.05) is 218 Å². The lowest BCUT2D eigenvalue weighted by molar-refractivity contribution is 0.668. The van der Waals surface area contributed by atoms with Crippen molar-refractivity contribution in [2.75, 3.05) is 0 Å². The monoisotopic (exact) mass is 1880 g/mol. The van der Waals surface area contributed by atoms with Crippen molar-refractivity contribution < 1.29 is 13.3 Å². The third kappa shape index (κ3) is 18.4. The van der Waals surface area contributed by atoms with E-state index in [1.54, 1.807) is 0 Å². The van der Waals surface area contributed by atoms with E-state index in [0.717, 1.165) is 172 Å². The van der Waals surface area contributed by atoms with Crippen LogP contribution in [-0.4, -0.2) is 44.9 Å². The summed E-state index contributed by atoms with van der Waals surface area (Å²) in [4.78, 5) is 44.1. The molecule has 0 bridgehead atoms. The lowest BCUT2D eigenvalue weighted by Gasteiger charge is -2.10. The molecule has 0 N–H and O–H groups in total. The zero-order valence-electron chi connectivity index (χ0n) is 79.5. The summed E-state index contributed by atoms with van der Waals surface area (Å²) in [6.45, 7) is 0. The summed E-state index contributed by atoms with van der Waals surface area (Å²) in [5.74, 6) is 5.76. The fraction of sp³-hybridized carbons (Fsp3) is 0. The predicted molar refractivity (Wildman–Crippen MR) is 599 cm³/mol. The van der Waals surface area contributed by atoms with Crippen molar-refractivity contribution in [3.8, 4) is 203 Å². The Hall–Kier alpha value is -20.0. The maximum Gasteiger partial charge on any atom is 0.164 e. The number of nitrogens with zero attached hydrogens (tertiary/aromatic N) is 9. The Morgan fingerprint density at radius 3 is 0.551 bits per heavy atom. The van der Waals surface area contributed by atoms with Crippen molar-refractivity contribution in [2.45, 2.75) is 0 Å². The van der Waals surface area contributed by atoms with Gasteiger partial charge in [-0.1, -0.05) is 461 Å². The number of furan rings is 3. The normalized spacial score (nSPS) is 11.3. The van der Waals surface area contributed by atoms with Crippen LogP contribution in [0.25, 0.3) is 268 Å². The van der Waals surface area contributed by atoms with Gasteiger partial charge in [0.25, 0.3) is 0 Å². The lowest BCUT2D eigenvalue weighted by Crippen LogP contribution is -2.00. The smallest absolute Gasteiger partial charge is 0.164 e. The Morgan fingerprint density at radius 2 is 0.265 bits per heavy atom. The molecule has 0 aliphatic heterocycles. The molecule has 0 spiro atoms. The quantitative estimate of drug-likeness (QED) is 0.0803. The van der Waals surface area contributed by atoms with E-state index in [9.17, 15) is 0 Å². The van der Waals surface area contributed by atoms with Gasteiger partial charge in [-0.25, -0.2) is 44.9 Å². The van der Waals surface area contributed by atoms with Gasteiger partial charge in [-0.2, -0.15) is 0 Å². The van der Waals surface area contributed by atoms with Crippen LogP contribution in [0.5, 0.6) is 0 Å². The molecule has 690 valence electrons. The first-order valence-electron chi connectivity index (χ1n) is 49.1. The van der Waals surface area contributed by atoms with Crippen molar-refractivity contribution in [1.29, 1.82) is 0 Å². The first-order valence-corrected chi connectivity index (χ1v) is 49.1. The van der Waals surface area contributed by atoms with E-state index in [0.29, 0.717) is 52.4 Å². The molecule has 0 amide bonds. The van der Waals surface area contributed by atoms with Gasteiger partial charge >= 0.3 is 0 Å². The first kappa shape index (κ1) is 88.5. The fourth-order valence-electron chi connectivity index (χ4n) is 19.5. The van der Waals surface area contributed by atoms with Gasteiger partial charge in [0, 0.05) is 82.4 Å². The van der Waals surface area contributed by atoms with Crippen molar-refractivity contribution in [1.82, 2.24) is 44.9 Å². The number of rotatable bonds is 18. The van der Waals surface area contributed by atoms with Gasteiger partial charge in [0.15, 0.2) is 52.4 Å². The van der Waals surface area contributed by atoms with Crippen LogP contribution in [0.15, 0.2) is 541 Å². The molecule has 12 nitrogen and oxygen atoms in total. The number of benzene rings is 21. The molecule has 12 heteroatoms. The molecule has 27 aromatic rings. The predicted octanol–water partition coefficient (Wildman–Crippen LogP) is 35.3. The third-order valence-electron chi connectivity index (χ3n) is 26.9. The summed E-state index contributed by atoms with van der Waals surface area (Å²) >= 11 is 0. The van der Waals surface area contributed by atoms with Crippen LogP contribution in [0, 0.1) is 0 Å². The fourth-order valence-corrected chi connectivity index (χ4v) is 19.5. The number of hydrogen-bond donors (Lipinski definition) is 0. The van der Waals surface area contributed by atoms with E-state index in [-0.39, 0.29) is 0 Å². The minimum Gasteiger partial charge on any atom is -0.456 e. The van der Waals surface area contributed by atoms with E-state index >= 15 is 0 Å². The molecule has 0 saturated carbocycles. The van der Waals surface area contributed by atoms with Gasteiger partial charge < -0.3 is 13.3 Å². The zero-order valence-corrected chi connectivity index (χ0v) is 79.5. The standard InChI is InChI=1S/3C45H29N3O/c1-4-12-30(13-5-1)35-18-10-19-36(28-35)37-26-27-40-39(29-37)42-38(20-11-21-41(42)49-40)31-22-24-34(25-23-31)45-47-43(32-14-6-2-7-15-32)46-44(48-45)33-16-8-3-9-17-33;1-4-12-30(13-5-1)31-22-24-32(25-23-31)35-26-27-40-39(29-35)42-38(20-11-21-41(42)49-40)36-18-10-19-37(28-36)45-47-43(33-14-6-2-7-15-33)46-44(48-45)34-16-8-3-9-17-34;1-4-11-30(12-5-1)31-19-21-32(22-20-31)37-27-28-40-39(29-37)42-38(17-10-18-41(42)49-40)33-23-25-36(26-24-33)45-47-43(34-13-6-2-7-14-34)46-44(48-45)35-15-8-3-9-16-35/h3*1-29H. The second kappa shape index (κ2) is 39.6. The Kier molecular flexibility index (Phi) is 23.8. The molecule has 0 fully saturated rings. The van der Waals surface area contributed by atoms with Gasteiger partial charge in [0.1, 0.15) is 33.5 Å². The Bertz CT molecular complexity index is 9280. The summed E-state index contributed by atoms with van der Waals surface area (Å²) in [6, 6.07) is 182. The molecule has 6 aromatic heterocycles. The molecule has 6 heterocycles. The molecule has 21 aromatic carbocycles. The van der Waals surface area contributed by atoms with Gasteiger partial charge in [-0.3, -0.25) is 0 Å². The van der Waals surface area contributed by atoms with E-state index in [4.69, 9.17) is 58.1 Å². The van der Waals surface area contributed by atoms with Crippen LogP contribution in [0.4, 0.5) is 0 Å². The second-order valence-corrected chi connectivity index (χ2v) is 36.2. The van der Waals surface area contributed by atoms with Crippen LogP contribution >= 0.6 is 0 Å². The minimum atomic E-state index is 0.625. The molecule has 0 unspecified atom stereocenters. The van der Waals surface area contributed by atoms with Gasteiger partial charge in [-0.05, 0) is 167 Å². The largest absolute Gasteiger partial charge is 0.456 e. The average Bonchev–Trinajstić information content (AvgIpc) is 1.65. The zero-order chi connectivity index (χ0) is 97.7. The number of aromatic nitrogens is 9. The van der Waals surface area contributed by atoms with Crippen LogP contribution < -0.4 is 0 Å². The second-order valence-electron chi connectivity index (χ2n) is 36.2. The molecule has 0 saturated heterocycles. The van der Waals surface area contributed by atoms with Crippen LogP contribution in [-0.2, 0) is 0 Å². The lowest BCUT2D eigenvalue weighted by atomic mass is 9.95. The SMILES string of the molecule is c1ccc(-c2ccc(-c3ccc4oc5cccc(-c6ccc(-c7nc(-c8ccccc8)nc(-c8ccccc8)n7)cc6)c5c4c3)cc2)cc1.c1ccc(-c2ccc(-c3ccc4oc5cccc(-c6cccc(-c7nc(-c8ccccc8)nc(-c8ccccc8)n7)c6)c5c4c3)cc2)cc1.c1ccc(-c2cccc(-c3ccc4oc5cccc(-c6ccc(-c7nc(-c8ccccc8)nc(-c8ccccc8)n7)cc6)c5c4c3)c2)cc1. The molecular formula is C135H87N9O3. The van der Waals surface area contributed by atoms with Gasteiger partial charge in [-0.15, -0.1) is 0 Å².